The van der Waals surface area contributed by atoms with Gasteiger partial charge in [-0.1, -0.05) is 74.9 Å². The van der Waals surface area contributed by atoms with Gasteiger partial charge in [0.05, 0.1) is 21.1 Å². The van der Waals surface area contributed by atoms with E-state index in [9.17, 15) is 4.79 Å². The van der Waals surface area contributed by atoms with Crippen LogP contribution in [-0.4, -0.2) is 31.4 Å². The second-order valence-electron chi connectivity index (χ2n) is 6.55. The lowest BCUT2D eigenvalue weighted by Crippen LogP contribution is -3.00. The van der Waals surface area contributed by atoms with E-state index in [0.717, 1.165) is 22.2 Å². The molecule has 2 aromatic carbocycles. The lowest BCUT2D eigenvalue weighted by atomic mass is 10.0. The normalized spacial score (nSPS) is 10.1. The molecule has 0 unspecified atom stereocenters. The maximum Gasteiger partial charge on any atom is 0.193 e. The Hall–Kier alpha value is -1.64. The minimum absolute atomic E-state index is 0. The van der Waals surface area contributed by atoms with Crippen LogP contribution in [0.15, 0.2) is 54.6 Å². The summed E-state index contributed by atoms with van der Waals surface area (Å²) in [5, 5.41) is 0. The molecule has 0 spiro atoms. The Morgan fingerprint density at radius 2 is 1.26 bits per heavy atom. The fraction of sp³-hybridized carbons (Fsp3) is 0.350. The first-order chi connectivity index (χ1) is 10.4. The van der Waals surface area contributed by atoms with Gasteiger partial charge in [0.15, 0.2) is 5.78 Å². The molecule has 0 aromatic heterocycles. The molecule has 2 rings (SSSR count). The molecule has 0 fully saturated rings. The molecular formula is C20H28ClNO. The van der Waals surface area contributed by atoms with E-state index in [1.165, 1.54) is 12.0 Å². The fourth-order valence-electron chi connectivity index (χ4n) is 2.07. The molecule has 23 heavy (non-hydrogen) atoms. The predicted octanol–water partition coefficient (Wildman–Crippen LogP) is 1.54. The summed E-state index contributed by atoms with van der Waals surface area (Å²) in [6.45, 7) is 5.21. The monoisotopic (exact) mass is 333 g/mol. The number of rotatable bonds is 4. The van der Waals surface area contributed by atoms with Gasteiger partial charge in [-0.2, -0.15) is 0 Å². The number of carbonyl (C=O) groups is 1. The van der Waals surface area contributed by atoms with Gasteiger partial charge in [0.25, 0.3) is 0 Å². The molecule has 0 atom stereocenters. The van der Waals surface area contributed by atoms with Gasteiger partial charge in [0.1, 0.15) is 6.54 Å². The van der Waals surface area contributed by atoms with Gasteiger partial charge in [0.2, 0.25) is 0 Å². The average Bonchev–Trinajstić information content (AvgIpc) is 2.47. The molecule has 0 saturated heterocycles. The maximum absolute atomic E-state index is 12.2. The van der Waals surface area contributed by atoms with E-state index >= 15 is 0 Å². The van der Waals surface area contributed by atoms with Gasteiger partial charge in [-0.05, 0) is 0 Å². The van der Waals surface area contributed by atoms with Crippen molar-refractivity contribution < 1.29 is 21.7 Å². The fourth-order valence-corrected chi connectivity index (χ4v) is 2.07. The SMILES string of the molecule is CCC.C[N+](C)(C)Cc1ccc(C(=O)c2ccccc2)cc1.[Cl-]. The number of hydrogen-bond acceptors (Lipinski definition) is 1. The number of hydrogen-bond donors (Lipinski definition) is 0. The van der Waals surface area contributed by atoms with E-state index in [2.05, 4.69) is 35.0 Å². The van der Waals surface area contributed by atoms with Crippen LogP contribution >= 0.6 is 0 Å². The zero-order valence-electron chi connectivity index (χ0n) is 14.8. The van der Waals surface area contributed by atoms with E-state index in [4.69, 9.17) is 0 Å². The molecule has 2 aromatic rings. The van der Waals surface area contributed by atoms with Crippen LogP contribution in [-0.2, 0) is 6.54 Å². The third-order valence-electron chi connectivity index (χ3n) is 2.91. The second kappa shape index (κ2) is 10.2. The average molecular weight is 334 g/mol. The predicted molar refractivity (Wildman–Crippen MR) is 94.0 cm³/mol. The number of nitrogens with zero attached hydrogens (tertiary/aromatic N) is 1. The minimum Gasteiger partial charge on any atom is -1.00 e. The minimum atomic E-state index is 0. The smallest absolute Gasteiger partial charge is 0.193 e. The van der Waals surface area contributed by atoms with Crippen molar-refractivity contribution in [2.75, 3.05) is 21.1 Å². The number of carbonyl (C=O) groups excluding carboxylic acids is 1. The third kappa shape index (κ3) is 7.96. The highest BCUT2D eigenvalue weighted by Crippen LogP contribution is 2.13. The molecule has 0 bridgehead atoms. The molecule has 2 nitrogen and oxygen atoms in total. The summed E-state index contributed by atoms with van der Waals surface area (Å²) >= 11 is 0. The standard InChI is InChI=1S/C17H20NO.C3H8.ClH/c1-18(2,3)13-14-9-11-16(12-10-14)17(19)15-7-5-4-6-8-15;1-3-2;/h4-12H,13H2,1-3H3;3H2,1-2H3;1H/q+1;;/p-1. The van der Waals surface area contributed by atoms with Gasteiger partial charge in [-0.3, -0.25) is 4.79 Å². The zero-order chi connectivity index (χ0) is 16.6. The highest BCUT2D eigenvalue weighted by Gasteiger charge is 2.11. The molecule has 0 N–H and O–H groups in total. The summed E-state index contributed by atoms with van der Waals surface area (Å²) < 4.78 is 0.881. The number of ketones is 1. The zero-order valence-corrected chi connectivity index (χ0v) is 15.6. The number of halogens is 1. The topological polar surface area (TPSA) is 17.1 Å². The molecule has 0 aliphatic heterocycles. The highest BCUT2D eigenvalue weighted by molar-refractivity contribution is 6.08. The molecule has 0 aliphatic rings. The van der Waals surface area contributed by atoms with E-state index in [1.54, 1.807) is 0 Å². The van der Waals surface area contributed by atoms with Gasteiger partial charge >= 0.3 is 0 Å². The molecular weight excluding hydrogens is 306 g/mol. The molecule has 0 radical (unpaired) electrons. The van der Waals surface area contributed by atoms with Crippen LogP contribution in [0, 0.1) is 0 Å². The molecule has 0 amide bonds. The molecule has 0 aliphatic carbocycles. The van der Waals surface area contributed by atoms with Gasteiger partial charge in [0, 0.05) is 16.7 Å². The lowest BCUT2D eigenvalue weighted by Gasteiger charge is -2.23. The summed E-state index contributed by atoms with van der Waals surface area (Å²) in [5.74, 6) is 0.0809. The van der Waals surface area contributed by atoms with Crippen molar-refractivity contribution in [3.63, 3.8) is 0 Å². The molecule has 126 valence electrons. The first kappa shape index (κ1) is 21.4. The van der Waals surface area contributed by atoms with Crippen molar-refractivity contribution in [2.45, 2.75) is 26.8 Å². The Balaban J connectivity index is 0.00000112. The second-order valence-corrected chi connectivity index (χ2v) is 6.55. The summed E-state index contributed by atoms with van der Waals surface area (Å²) in [6, 6.07) is 17.3. The number of quaternary nitrogens is 1. The Morgan fingerprint density at radius 1 is 0.826 bits per heavy atom. The quantitative estimate of drug-likeness (QED) is 0.613. The Kier molecular flexibility index (Phi) is 9.47. The Morgan fingerprint density at radius 3 is 1.70 bits per heavy atom. The van der Waals surface area contributed by atoms with E-state index in [0.29, 0.717) is 0 Å². The van der Waals surface area contributed by atoms with Crippen molar-refractivity contribution in [1.29, 1.82) is 0 Å². The molecule has 0 heterocycles. The summed E-state index contributed by atoms with van der Waals surface area (Å²) in [7, 11) is 6.47. The van der Waals surface area contributed by atoms with Crippen molar-refractivity contribution in [3.8, 4) is 0 Å². The van der Waals surface area contributed by atoms with Crippen molar-refractivity contribution in [3.05, 3.63) is 71.3 Å². The first-order valence-electron chi connectivity index (χ1n) is 7.86. The van der Waals surface area contributed by atoms with Gasteiger partial charge < -0.3 is 16.9 Å². The Labute approximate surface area is 147 Å². The van der Waals surface area contributed by atoms with E-state index in [-0.39, 0.29) is 18.2 Å². The molecule has 3 heteroatoms. The molecule has 0 saturated carbocycles. The first-order valence-corrected chi connectivity index (χ1v) is 7.86. The van der Waals surface area contributed by atoms with Crippen LogP contribution in [0.4, 0.5) is 0 Å². The van der Waals surface area contributed by atoms with Crippen molar-refractivity contribution in [2.24, 2.45) is 0 Å². The summed E-state index contributed by atoms with van der Waals surface area (Å²) in [6.07, 6.45) is 1.25. The van der Waals surface area contributed by atoms with Crippen LogP contribution in [0.5, 0.6) is 0 Å². The maximum atomic E-state index is 12.2. The van der Waals surface area contributed by atoms with Gasteiger partial charge in [-0.15, -0.1) is 0 Å². The van der Waals surface area contributed by atoms with Crippen LogP contribution in [0.25, 0.3) is 0 Å². The van der Waals surface area contributed by atoms with E-state index < -0.39 is 0 Å². The Bertz CT molecular complexity index is 571. The van der Waals surface area contributed by atoms with Crippen LogP contribution < -0.4 is 12.4 Å². The summed E-state index contributed by atoms with van der Waals surface area (Å²) in [4.78, 5) is 12.2. The van der Waals surface area contributed by atoms with Crippen LogP contribution in [0.3, 0.4) is 0 Å². The number of benzene rings is 2. The van der Waals surface area contributed by atoms with Crippen molar-refractivity contribution in [1.82, 2.24) is 0 Å². The summed E-state index contributed by atoms with van der Waals surface area (Å²) in [5.41, 5.74) is 2.73. The highest BCUT2D eigenvalue weighted by atomic mass is 35.5. The third-order valence-corrected chi connectivity index (χ3v) is 2.91. The lowest BCUT2D eigenvalue weighted by molar-refractivity contribution is -0.884. The van der Waals surface area contributed by atoms with Crippen LogP contribution in [0.2, 0.25) is 0 Å². The largest absolute Gasteiger partial charge is 1.00 e. The van der Waals surface area contributed by atoms with Crippen molar-refractivity contribution >= 4 is 5.78 Å². The van der Waals surface area contributed by atoms with Gasteiger partial charge in [-0.25, -0.2) is 0 Å². The van der Waals surface area contributed by atoms with Crippen LogP contribution in [0.1, 0.15) is 41.8 Å². The van der Waals surface area contributed by atoms with E-state index in [1.807, 2.05) is 54.6 Å².